The van der Waals surface area contributed by atoms with Crippen molar-refractivity contribution in [3.8, 4) is 0 Å². The van der Waals surface area contributed by atoms with Crippen LogP contribution in [0.1, 0.15) is 39.5 Å². The Morgan fingerprint density at radius 2 is 2.29 bits per heavy atom. The average molecular weight is 259 g/mol. The zero-order valence-corrected chi connectivity index (χ0v) is 12.0. The van der Waals surface area contributed by atoms with E-state index >= 15 is 0 Å². The predicted molar refractivity (Wildman–Crippen MR) is 73.5 cm³/mol. The third kappa shape index (κ3) is 3.62. The zero-order chi connectivity index (χ0) is 12.9. The Bertz CT molecular complexity index is 258. The summed E-state index contributed by atoms with van der Waals surface area (Å²) in [6.45, 7) is 4.44. The highest BCUT2D eigenvalue weighted by Gasteiger charge is 2.47. The van der Waals surface area contributed by atoms with Crippen LogP contribution in [0.2, 0.25) is 0 Å². The van der Waals surface area contributed by atoms with Crippen molar-refractivity contribution in [3.05, 3.63) is 0 Å². The molecule has 2 atom stereocenters. The number of carbonyl (C=O) groups is 1. The van der Waals surface area contributed by atoms with E-state index in [4.69, 9.17) is 0 Å². The third-order valence-corrected chi connectivity index (χ3v) is 5.14. The number of aliphatic carboxylic acids is 1. The molecular weight excluding hydrogens is 234 g/mol. The van der Waals surface area contributed by atoms with Crippen LogP contribution in [0.25, 0.3) is 0 Å². The number of thioether (sulfide) groups is 1. The molecule has 2 unspecified atom stereocenters. The van der Waals surface area contributed by atoms with Gasteiger partial charge in [-0.15, -0.1) is 0 Å². The molecule has 4 heteroatoms. The molecule has 0 aliphatic heterocycles. The molecule has 1 saturated carbocycles. The highest BCUT2D eigenvalue weighted by molar-refractivity contribution is 7.99. The van der Waals surface area contributed by atoms with E-state index in [9.17, 15) is 9.90 Å². The minimum absolute atomic E-state index is 0.296. The molecule has 1 rings (SSSR count). The number of likely N-dealkylation sites (N-methyl/N-ethyl adjacent to an activating group) is 1. The predicted octanol–water partition coefficient (Wildman–Crippen LogP) is 2.61. The largest absolute Gasteiger partial charge is 0.480 e. The highest BCUT2D eigenvalue weighted by atomic mass is 32.2. The maximum Gasteiger partial charge on any atom is 0.324 e. The summed E-state index contributed by atoms with van der Waals surface area (Å²) in [6, 6.07) is 0. The quantitative estimate of drug-likeness (QED) is 0.690. The van der Waals surface area contributed by atoms with Crippen molar-refractivity contribution in [2.75, 3.05) is 18.6 Å². The molecule has 0 aromatic rings. The Hall–Kier alpha value is -0.220. The number of rotatable bonds is 7. The van der Waals surface area contributed by atoms with Crippen LogP contribution in [0.4, 0.5) is 0 Å². The molecule has 0 aromatic heterocycles. The minimum atomic E-state index is -0.670. The van der Waals surface area contributed by atoms with Crippen molar-refractivity contribution in [1.29, 1.82) is 0 Å². The molecule has 1 fully saturated rings. The van der Waals surface area contributed by atoms with Crippen LogP contribution in [-0.2, 0) is 4.79 Å². The van der Waals surface area contributed by atoms with Crippen LogP contribution >= 0.6 is 11.8 Å². The van der Waals surface area contributed by atoms with Gasteiger partial charge in [0.05, 0.1) is 0 Å². The first-order valence-electron chi connectivity index (χ1n) is 6.53. The first-order valence-corrected chi connectivity index (χ1v) is 7.68. The first-order chi connectivity index (χ1) is 8.03. The van der Waals surface area contributed by atoms with Gasteiger partial charge in [0.25, 0.3) is 0 Å². The van der Waals surface area contributed by atoms with Crippen molar-refractivity contribution in [3.63, 3.8) is 0 Å². The van der Waals surface area contributed by atoms with Gasteiger partial charge in [-0.3, -0.25) is 4.79 Å². The Balaban J connectivity index is 2.43. The molecule has 1 aliphatic carbocycles. The molecule has 2 N–H and O–H groups in total. The van der Waals surface area contributed by atoms with E-state index in [1.165, 1.54) is 5.75 Å². The van der Waals surface area contributed by atoms with Gasteiger partial charge < -0.3 is 10.4 Å². The number of carboxylic acid groups (broad SMARTS) is 1. The number of nitrogens with one attached hydrogen (secondary N) is 1. The highest BCUT2D eigenvalue weighted by Crippen LogP contribution is 2.38. The van der Waals surface area contributed by atoms with E-state index in [0.717, 1.165) is 37.4 Å². The van der Waals surface area contributed by atoms with Gasteiger partial charge in [0.2, 0.25) is 0 Å². The van der Waals surface area contributed by atoms with Crippen molar-refractivity contribution >= 4 is 17.7 Å². The zero-order valence-electron chi connectivity index (χ0n) is 11.2. The summed E-state index contributed by atoms with van der Waals surface area (Å²) >= 11 is 1.95. The summed E-state index contributed by atoms with van der Waals surface area (Å²) in [4.78, 5) is 11.4. The van der Waals surface area contributed by atoms with Crippen LogP contribution in [0.15, 0.2) is 0 Å². The second-order valence-electron chi connectivity index (χ2n) is 5.37. The SMILES string of the molecule is CNC1(C(=O)O)CCCC1CCSCC(C)C. The smallest absolute Gasteiger partial charge is 0.324 e. The van der Waals surface area contributed by atoms with Gasteiger partial charge in [0, 0.05) is 0 Å². The summed E-state index contributed by atoms with van der Waals surface area (Å²) in [5, 5.41) is 12.5. The Labute approximate surface area is 109 Å². The van der Waals surface area contributed by atoms with Crippen LogP contribution < -0.4 is 5.32 Å². The molecule has 0 amide bonds. The lowest BCUT2D eigenvalue weighted by molar-refractivity contribution is -0.146. The first kappa shape index (κ1) is 14.8. The van der Waals surface area contributed by atoms with Crippen LogP contribution in [0, 0.1) is 11.8 Å². The number of hydrogen-bond donors (Lipinski definition) is 2. The van der Waals surface area contributed by atoms with Gasteiger partial charge in [-0.25, -0.2) is 0 Å². The van der Waals surface area contributed by atoms with E-state index in [1.807, 2.05) is 11.8 Å². The van der Waals surface area contributed by atoms with Crippen LogP contribution in [-0.4, -0.2) is 35.2 Å². The Kier molecular flexibility index (Phi) is 5.80. The monoisotopic (exact) mass is 259 g/mol. The maximum absolute atomic E-state index is 11.4. The molecule has 0 bridgehead atoms. The fourth-order valence-electron chi connectivity index (χ4n) is 2.73. The summed E-state index contributed by atoms with van der Waals surface area (Å²) < 4.78 is 0. The molecule has 3 nitrogen and oxygen atoms in total. The average Bonchev–Trinajstić information content (AvgIpc) is 2.68. The van der Waals surface area contributed by atoms with Crippen molar-refractivity contribution in [2.45, 2.75) is 45.1 Å². The summed E-state index contributed by atoms with van der Waals surface area (Å²) in [5.41, 5.74) is -0.654. The van der Waals surface area contributed by atoms with Crippen molar-refractivity contribution < 1.29 is 9.90 Å². The topological polar surface area (TPSA) is 49.3 Å². The summed E-state index contributed by atoms with van der Waals surface area (Å²) in [5.74, 6) is 2.60. The normalized spacial score (nSPS) is 28.8. The summed E-state index contributed by atoms with van der Waals surface area (Å²) in [6.07, 6.45) is 3.88. The lowest BCUT2D eigenvalue weighted by Crippen LogP contribution is -2.53. The lowest BCUT2D eigenvalue weighted by Gasteiger charge is -2.31. The fraction of sp³-hybridized carbons (Fsp3) is 0.923. The second kappa shape index (κ2) is 6.64. The van der Waals surface area contributed by atoms with E-state index in [-0.39, 0.29) is 0 Å². The lowest BCUT2D eigenvalue weighted by atomic mass is 9.85. The fourth-order valence-corrected chi connectivity index (χ4v) is 3.82. The van der Waals surface area contributed by atoms with Crippen LogP contribution in [0.5, 0.6) is 0 Å². The molecule has 1 aliphatic rings. The standard InChI is InChI=1S/C13H25NO2S/c1-10(2)9-17-8-6-11-5-4-7-13(11,14-3)12(15)16/h10-11,14H,4-9H2,1-3H3,(H,15,16). The van der Waals surface area contributed by atoms with E-state index in [1.54, 1.807) is 7.05 Å². The molecule has 17 heavy (non-hydrogen) atoms. The van der Waals surface area contributed by atoms with Crippen molar-refractivity contribution in [1.82, 2.24) is 5.32 Å². The van der Waals surface area contributed by atoms with Gasteiger partial charge in [0.1, 0.15) is 5.54 Å². The minimum Gasteiger partial charge on any atom is -0.480 e. The molecule has 0 radical (unpaired) electrons. The molecule has 0 heterocycles. The van der Waals surface area contributed by atoms with Gasteiger partial charge in [-0.05, 0) is 49.7 Å². The molecule has 0 aromatic carbocycles. The van der Waals surface area contributed by atoms with Gasteiger partial charge in [-0.2, -0.15) is 11.8 Å². The van der Waals surface area contributed by atoms with E-state index in [2.05, 4.69) is 19.2 Å². The molecular formula is C13H25NO2S. The van der Waals surface area contributed by atoms with Gasteiger partial charge in [0.15, 0.2) is 0 Å². The number of hydrogen-bond acceptors (Lipinski definition) is 3. The van der Waals surface area contributed by atoms with Gasteiger partial charge in [-0.1, -0.05) is 20.3 Å². The molecule has 0 saturated heterocycles. The van der Waals surface area contributed by atoms with Crippen molar-refractivity contribution in [2.24, 2.45) is 11.8 Å². The van der Waals surface area contributed by atoms with E-state index < -0.39 is 11.5 Å². The number of carboxylic acids is 1. The third-order valence-electron chi connectivity index (χ3n) is 3.71. The molecule has 0 spiro atoms. The maximum atomic E-state index is 11.4. The Morgan fingerprint density at radius 1 is 1.59 bits per heavy atom. The van der Waals surface area contributed by atoms with Crippen LogP contribution in [0.3, 0.4) is 0 Å². The van der Waals surface area contributed by atoms with E-state index in [0.29, 0.717) is 5.92 Å². The van der Waals surface area contributed by atoms with Gasteiger partial charge >= 0.3 is 5.97 Å². The second-order valence-corrected chi connectivity index (χ2v) is 6.52. The Morgan fingerprint density at radius 3 is 2.82 bits per heavy atom. The molecule has 100 valence electrons. The summed E-state index contributed by atoms with van der Waals surface area (Å²) in [7, 11) is 1.79.